The minimum Gasteiger partial charge on any atom is -0.467 e. The van der Waals surface area contributed by atoms with Crippen molar-refractivity contribution in [3.05, 3.63) is 72.2 Å². The Bertz CT molecular complexity index is 823. The summed E-state index contributed by atoms with van der Waals surface area (Å²) >= 11 is 5.13. The van der Waals surface area contributed by atoms with E-state index < -0.39 is 0 Å². The molecule has 23 heavy (non-hydrogen) atoms. The number of amides is 1. The normalized spacial score (nSPS) is 10.4. The van der Waals surface area contributed by atoms with Gasteiger partial charge in [0.25, 0.3) is 0 Å². The standard InChI is InChI=1S/C18H16N2O2S/c21-17(20-18(23)19-12-15-8-4-10-22-15)11-14-7-3-6-13-5-1-2-9-16(13)14/h1-10H,11-12H2,(H2,19,20,21,23). The van der Waals surface area contributed by atoms with Gasteiger partial charge in [0.05, 0.1) is 19.2 Å². The number of nitrogens with one attached hydrogen (secondary N) is 2. The van der Waals surface area contributed by atoms with Gasteiger partial charge in [-0.05, 0) is 40.7 Å². The first kappa shape index (κ1) is 15.2. The lowest BCUT2D eigenvalue weighted by Gasteiger charge is -2.10. The fourth-order valence-electron chi connectivity index (χ4n) is 2.42. The van der Waals surface area contributed by atoms with Crippen LogP contribution < -0.4 is 10.6 Å². The Morgan fingerprint density at radius 1 is 1.04 bits per heavy atom. The third-order valence-corrected chi connectivity index (χ3v) is 3.73. The molecule has 0 aliphatic heterocycles. The zero-order valence-electron chi connectivity index (χ0n) is 12.4. The van der Waals surface area contributed by atoms with Gasteiger partial charge in [-0.1, -0.05) is 42.5 Å². The Morgan fingerprint density at radius 2 is 1.87 bits per heavy atom. The van der Waals surface area contributed by atoms with E-state index in [-0.39, 0.29) is 12.3 Å². The maximum Gasteiger partial charge on any atom is 0.230 e. The van der Waals surface area contributed by atoms with Crippen LogP contribution in [0.1, 0.15) is 11.3 Å². The molecule has 1 aromatic heterocycles. The second-order valence-electron chi connectivity index (χ2n) is 5.13. The minimum atomic E-state index is -0.140. The van der Waals surface area contributed by atoms with Gasteiger partial charge in [-0.3, -0.25) is 4.79 Å². The van der Waals surface area contributed by atoms with Crippen LogP contribution in [0.15, 0.2) is 65.3 Å². The van der Waals surface area contributed by atoms with Gasteiger partial charge in [-0.25, -0.2) is 0 Å². The molecule has 1 amide bonds. The van der Waals surface area contributed by atoms with Crippen molar-refractivity contribution in [2.24, 2.45) is 0 Å². The molecule has 0 unspecified atom stereocenters. The summed E-state index contributed by atoms with van der Waals surface area (Å²) in [6, 6.07) is 17.6. The smallest absolute Gasteiger partial charge is 0.230 e. The highest BCUT2D eigenvalue weighted by atomic mass is 32.1. The second kappa shape index (κ2) is 7.07. The number of benzene rings is 2. The van der Waals surface area contributed by atoms with Crippen molar-refractivity contribution in [3.63, 3.8) is 0 Å². The summed E-state index contributed by atoms with van der Waals surface area (Å²) in [4.78, 5) is 12.2. The molecule has 0 aliphatic carbocycles. The van der Waals surface area contributed by atoms with E-state index in [0.717, 1.165) is 22.1 Å². The molecule has 3 aromatic rings. The third kappa shape index (κ3) is 3.96. The lowest BCUT2D eigenvalue weighted by Crippen LogP contribution is -2.39. The van der Waals surface area contributed by atoms with Gasteiger partial charge in [0.1, 0.15) is 5.76 Å². The Labute approximate surface area is 139 Å². The molecule has 0 atom stereocenters. The van der Waals surface area contributed by atoms with Gasteiger partial charge >= 0.3 is 0 Å². The van der Waals surface area contributed by atoms with Gasteiger partial charge in [-0.2, -0.15) is 0 Å². The number of thiocarbonyl (C=S) groups is 1. The zero-order chi connectivity index (χ0) is 16.1. The van der Waals surface area contributed by atoms with Gasteiger partial charge in [0.15, 0.2) is 5.11 Å². The van der Waals surface area contributed by atoms with E-state index in [1.807, 2.05) is 48.5 Å². The maximum atomic E-state index is 12.2. The quantitative estimate of drug-likeness (QED) is 0.724. The van der Waals surface area contributed by atoms with Gasteiger partial charge in [-0.15, -0.1) is 0 Å². The van der Waals surface area contributed by atoms with Crippen molar-refractivity contribution in [1.82, 2.24) is 10.6 Å². The van der Waals surface area contributed by atoms with Crippen molar-refractivity contribution in [3.8, 4) is 0 Å². The second-order valence-corrected chi connectivity index (χ2v) is 5.53. The lowest BCUT2D eigenvalue weighted by atomic mass is 10.0. The Hall–Kier alpha value is -2.66. The summed E-state index contributed by atoms with van der Waals surface area (Å²) < 4.78 is 5.20. The summed E-state index contributed by atoms with van der Waals surface area (Å²) in [6.45, 7) is 0.445. The third-order valence-electron chi connectivity index (χ3n) is 3.49. The van der Waals surface area contributed by atoms with Crippen LogP contribution in [0.25, 0.3) is 10.8 Å². The molecule has 0 bridgehead atoms. The molecule has 2 aromatic carbocycles. The number of rotatable bonds is 4. The fraction of sp³-hybridized carbons (Fsp3) is 0.111. The molecule has 0 fully saturated rings. The van der Waals surface area contributed by atoms with E-state index in [9.17, 15) is 4.79 Å². The van der Waals surface area contributed by atoms with E-state index in [1.54, 1.807) is 12.3 Å². The van der Waals surface area contributed by atoms with E-state index >= 15 is 0 Å². The molecule has 0 saturated carbocycles. The number of fused-ring (bicyclic) bond motifs is 1. The molecule has 3 rings (SSSR count). The summed E-state index contributed by atoms with van der Waals surface area (Å²) in [5, 5.41) is 8.14. The molecular formula is C18H16N2O2S. The highest BCUT2D eigenvalue weighted by Crippen LogP contribution is 2.18. The molecule has 5 heteroatoms. The monoisotopic (exact) mass is 324 g/mol. The number of hydrogen-bond donors (Lipinski definition) is 2. The number of furan rings is 1. The molecular weight excluding hydrogens is 308 g/mol. The maximum absolute atomic E-state index is 12.2. The largest absolute Gasteiger partial charge is 0.467 e. The van der Waals surface area contributed by atoms with Crippen LogP contribution in [0.4, 0.5) is 0 Å². The van der Waals surface area contributed by atoms with Gasteiger partial charge < -0.3 is 15.1 Å². The Balaban J connectivity index is 1.59. The summed E-state index contributed by atoms with van der Waals surface area (Å²) in [5.74, 6) is 0.619. The van der Waals surface area contributed by atoms with Gasteiger partial charge in [0.2, 0.25) is 5.91 Å². The first-order valence-electron chi connectivity index (χ1n) is 7.29. The van der Waals surface area contributed by atoms with Crippen LogP contribution in [0.5, 0.6) is 0 Å². The lowest BCUT2D eigenvalue weighted by molar-refractivity contribution is -0.119. The zero-order valence-corrected chi connectivity index (χ0v) is 13.2. The summed E-state index contributed by atoms with van der Waals surface area (Å²) in [7, 11) is 0. The molecule has 4 nitrogen and oxygen atoms in total. The van der Waals surface area contributed by atoms with Crippen LogP contribution >= 0.6 is 12.2 Å². The van der Waals surface area contributed by atoms with Crippen LogP contribution in [-0.2, 0) is 17.8 Å². The van der Waals surface area contributed by atoms with Crippen molar-refractivity contribution in [2.75, 3.05) is 0 Å². The number of carbonyl (C=O) groups excluding carboxylic acids is 1. The average Bonchev–Trinajstić information content (AvgIpc) is 3.07. The van der Waals surface area contributed by atoms with Gasteiger partial charge in [0, 0.05) is 0 Å². The van der Waals surface area contributed by atoms with E-state index in [1.165, 1.54) is 0 Å². The Kier molecular flexibility index (Phi) is 4.68. The summed E-state index contributed by atoms with van der Waals surface area (Å²) in [5.41, 5.74) is 0.981. The Morgan fingerprint density at radius 3 is 2.70 bits per heavy atom. The van der Waals surface area contributed by atoms with Crippen LogP contribution in [-0.4, -0.2) is 11.0 Å². The van der Waals surface area contributed by atoms with Crippen molar-refractivity contribution in [1.29, 1.82) is 0 Å². The van der Waals surface area contributed by atoms with Crippen molar-refractivity contribution in [2.45, 2.75) is 13.0 Å². The van der Waals surface area contributed by atoms with E-state index in [2.05, 4.69) is 10.6 Å². The van der Waals surface area contributed by atoms with Crippen LogP contribution in [0, 0.1) is 0 Å². The van der Waals surface area contributed by atoms with E-state index in [0.29, 0.717) is 11.7 Å². The minimum absolute atomic E-state index is 0.140. The molecule has 0 aliphatic rings. The molecule has 116 valence electrons. The molecule has 0 spiro atoms. The van der Waals surface area contributed by atoms with Crippen molar-refractivity contribution < 1.29 is 9.21 Å². The highest BCUT2D eigenvalue weighted by molar-refractivity contribution is 7.80. The predicted molar refractivity (Wildman–Crippen MR) is 93.9 cm³/mol. The molecule has 2 N–H and O–H groups in total. The molecule has 0 saturated heterocycles. The number of carbonyl (C=O) groups is 1. The molecule has 0 radical (unpaired) electrons. The predicted octanol–water partition coefficient (Wildman–Crippen LogP) is 3.17. The van der Waals surface area contributed by atoms with Crippen LogP contribution in [0.3, 0.4) is 0 Å². The molecule has 1 heterocycles. The average molecular weight is 324 g/mol. The highest BCUT2D eigenvalue weighted by Gasteiger charge is 2.08. The summed E-state index contributed by atoms with van der Waals surface area (Å²) in [6.07, 6.45) is 1.88. The van der Waals surface area contributed by atoms with Crippen molar-refractivity contribution >= 4 is 34.0 Å². The number of hydrogen-bond acceptors (Lipinski definition) is 3. The topological polar surface area (TPSA) is 54.3 Å². The fourth-order valence-corrected chi connectivity index (χ4v) is 2.60. The first-order chi connectivity index (χ1) is 11.2. The SMILES string of the molecule is O=C(Cc1cccc2ccccc12)NC(=S)NCc1ccco1. The first-order valence-corrected chi connectivity index (χ1v) is 7.70. The van der Waals surface area contributed by atoms with Crippen LogP contribution in [0.2, 0.25) is 0 Å². The van der Waals surface area contributed by atoms with E-state index in [4.69, 9.17) is 16.6 Å².